The third-order valence-corrected chi connectivity index (χ3v) is 3.10. The van der Waals surface area contributed by atoms with E-state index < -0.39 is 0 Å². The number of nitrogens with two attached hydrogens (primary N) is 1. The second-order valence-corrected chi connectivity index (χ2v) is 4.47. The van der Waals surface area contributed by atoms with Gasteiger partial charge in [0, 0.05) is 10.9 Å². The lowest BCUT2D eigenvalue weighted by Gasteiger charge is -2.13. The van der Waals surface area contributed by atoms with Crippen LogP contribution in [0.2, 0.25) is 0 Å². The van der Waals surface area contributed by atoms with Crippen LogP contribution in [0.15, 0.2) is 29.2 Å². The van der Waals surface area contributed by atoms with Crippen LogP contribution < -0.4 is 11.3 Å². The molecular weight excluding hydrogens is 192 g/mol. The first kappa shape index (κ1) is 11.6. The van der Waals surface area contributed by atoms with Gasteiger partial charge in [0.05, 0.1) is 0 Å². The molecular formula is C11H18N2S. The Kier molecular flexibility index (Phi) is 5.01. The highest BCUT2D eigenvalue weighted by Crippen LogP contribution is 2.21. The lowest BCUT2D eigenvalue weighted by molar-refractivity contribution is 0.539. The van der Waals surface area contributed by atoms with Crippen LogP contribution in [0.25, 0.3) is 0 Å². The van der Waals surface area contributed by atoms with E-state index in [1.165, 1.54) is 10.5 Å². The first-order valence-corrected chi connectivity index (χ1v) is 5.99. The number of hydrazine groups is 1. The molecule has 0 spiro atoms. The summed E-state index contributed by atoms with van der Waals surface area (Å²) < 4.78 is 0. The lowest BCUT2D eigenvalue weighted by atomic mass is 10.1. The van der Waals surface area contributed by atoms with Gasteiger partial charge in [-0.25, -0.2) is 0 Å². The molecule has 1 atom stereocenters. The van der Waals surface area contributed by atoms with Crippen molar-refractivity contribution in [2.75, 3.05) is 5.75 Å². The number of benzene rings is 1. The van der Waals surface area contributed by atoms with Crippen LogP contribution in [0, 0.1) is 0 Å². The molecule has 0 aliphatic heterocycles. The van der Waals surface area contributed by atoms with Crippen molar-refractivity contribution in [2.24, 2.45) is 5.84 Å². The van der Waals surface area contributed by atoms with E-state index in [1.54, 1.807) is 0 Å². The highest BCUT2D eigenvalue weighted by Gasteiger charge is 2.05. The molecule has 78 valence electrons. The minimum Gasteiger partial charge on any atom is -0.271 e. The van der Waals surface area contributed by atoms with E-state index in [0.717, 1.165) is 12.2 Å². The van der Waals surface area contributed by atoms with E-state index >= 15 is 0 Å². The number of thioether (sulfide) groups is 1. The average Bonchev–Trinajstić information content (AvgIpc) is 2.23. The second kappa shape index (κ2) is 6.06. The Morgan fingerprint density at radius 3 is 2.36 bits per heavy atom. The van der Waals surface area contributed by atoms with Gasteiger partial charge in [-0.1, -0.05) is 26.0 Å². The molecule has 1 unspecified atom stereocenters. The van der Waals surface area contributed by atoms with Crippen molar-refractivity contribution in [3.63, 3.8) is 0 Å². The summed E-state index contributed by atoms with van der Waals surface area (Å²) in [5.41, 5.74) is 4.07. The maximum Gasteiger partial charge on any atom is 0.0457 e. The summed E-state index contributed by atoms with van der Waals surface area (Å²) in [6.07, 6.45) is 1.01. The highest BCUT2D eigenvalue weighted by atomic mass is 32.2. The quantitative estimate of drug-likeness (QED) is 0.446. The summed E-state index contributed by atoms with van der Waals surface area (Å²) in [4.78, 5) is 1.32. The van der Waals surface area contributed by atoms with Crippen LogP contribution in [0.3, 0.4) is 0 Å². The van der Waals surface area contributed by atoms with Gasteiger partial charge in [-0.2, -0.15) is 0 Å². The molecule has 2 nitrogen and oxygen atoms in total. The van der Waals surface area contributed by atoms with Crippen LogP contribution in [-0.4, -0.2) is 5.75 Å². The van der Waals surface area contributed by atoms with Crippen molar-refractivity contribution in [1.29, 1.82) is 0 Å². The molecule has 14 heavy (non-hydrogen) atoms. The van der Waals surface area contributed by atoms with Crippen molar-refractivity contribution in [3.05, 3.63) is 29.8 Å². The van der Waals surface area contributed by atoms with Crippen molar-refractivity contribution < 1.29 is 0 Å². The van der Waals surface area contributed by atoms with E-state index in [9.17, 15) is 0 Å². The predicted molar refractivity (Wildman–Crippen MR) is 63.2 cm³/mol. The Hall–Kier alpha value is -0.510. The van der Waals surface area contributed by atoms with E-state index in [0.29, 0.717) is 0 Å². The van der Waals surface area contributed by atoms with Gasteiger partial charge in [0.15, 0.2) is 0 Å². The normalized spacial score (nSPS) is 12.8. The average molecular weight is 210 g/mol. The summed E-state index contributed by atoms with van der Waals surface area (Å²) in [5.74, 6) is 6.57. The van der Waals surface area contributed by atoms with Gasteiger partial charge in [-0.05, 0) is 29.9 Å². The summed E-state index contributed by atoms with van der Waals surface area (Å²) in [7, 11) is 0. The SMILES string of the molecule is CCSc1ccc(C(CC)NN)cc1. The summed E-state index contributed by atoms with van der Waals surface area (Å²) in [6.45, 7) is 4.29. The minimum atomic E-state index is 0.274. The molecule has 0 saturated carbocycles. The second-order valence-electron chi connectivity index (χ2n) is 3.13. The zero-order chi connectivity index (χ0) is 10.4. The first-order valence-electron chi connectivity index (χ1n) is 5.00. The van der Waals surface area contributed by atoms with Gasteiger partial charge in [-0.3, -0.25) is 11.3 Å². The number of hydrogen-bond acceptors (Lipinski definition) is 3. The Morgan fingerprint density at radius 1 is 1.29 bits per heavy atom. The van der Waals surface area contributed by atoms with E-state index in [1.807, 2.05) is 11.8 Å². The van der Waals surface area contributed by atoms with Gasteiger partial charge in [0.2, 0.25) is 0 Å². The molecule has 0 heterocycles. The fourth-order valence-corrected chi connectivity index (χ4v) is 2.07. The molecule has 3 heteroatoms. The molecule has 0 amide bonds. The van der Waals surface area contributed by atoms with Crippen LogP contribution in [0.5, 0.6) is 0 Å². The largest absolute Gasteiger partial charge is 0.271 e. The third kappa shape index (κ3) is 3.01. The van der Waals surface area contributed by atoms with Crippen molar-refractivity contribution in [1.82, 2.24) is 5.43 Å². The molecule has 1 rings (SSSR count). The number of hydrogen-bond donors (Lipinski definition) is 2. The van der Waals surface area contributed by atoms with Gasteiger partial charge in [-0.15, -0.1) is 11.8 Å². The lowest BCUT2D eigenvalue weighted by Crippen LogP contribution is -2.27. The maximum atomic E-state index is 5.46. The molecule has 0 aliphatic rings. The molecule has 0 aromatic heterocycles. The number of rotatable bonds is 5. The van der Waals surface area contributed by atoms with Gasteiger partial charge >= 0.3 is 0 Å². The van der Waals surface area contributed by atoms with Crippen LogP contribution >= 0.6 is 11.8 Å². The summed E-state index contributed by atoms with van der Waals surface area (Å²) in [6, 6.07) is 8.88. The minimum absolute atomic E-state index is 0.274. The molecule has 1 aromatic rings. The van der Waals surface area contributed by atoms with Crippen molar-refractivity contribution >= 4 is 11.8 Å². The first-order chi connectivity index (χ1) is 6.81. The Bertz CT molecular complexity index is 254. The molecule has 0 bridgehead atoms. The summed E-state index contributed by atoms with van der Waals surface area (Å²) in [5, 5.41) is 0. The number of nitrogens with one attached hydrogen (secondary N) is 1. The Labute approximate surface area is 90.2 Å². The fourth-order valence-electron chi connectivity index (χ4n) is 1.41. The molecule has 0 fully saturated rings. The smallest absolute Gasteiger partial charge is 0.0457 e. The maximum absolute atomic E-state index is 5.46. The molecule has 0 radical (unpaired) electrons. The zero-order valence-electron chi connectivity index (χ0n) is 8.79. The van der Waals surface area contributed by atoms with Crippen LogP contribution in [0.1, 0.15) is 31.9 Å². The molecule has 1 aromatic carbocycles. The van der Waals surface area contributed by atoms with Gasteiger partial charge in [0.1, 0.15) is 0 Å². The molecule has 0 saturated heterocycles. The van der Waals surface area contributed by atoms with Gasteiger partial charge in [0.25, 0.3) is 0 Å². The van der Waals surface area contributed by atoms with Crippen molar-refractivity contribution in [3.8, 4) is 0 Å². The predicted octanol–water partition coefficient (Wildman–Crippen LogP) is 2.71. The van der Waals surface area contributed by atoms with E-state index in [-0.39, 0.29) is 6.04 Å². The Morgan fingerprint density at radius 2 is 1.93 bits per heavy atom. The highest BCUT2D eigenvalue weighted by molar-refractivity contribution is 7.99. The standard InChI is InChI=1S/C11H18N2S/c1-3-11(13-12)9-5-7-10(8-6-9)14-4-2/h5-8,11,13H,3-4,12H2,1-2H3. The topological polar surface area (TPSA) is 38.0 Å². The monoisotopic (exact) mass is 210 g/mol. The van der Waals surface area contributed by atoms with E-state index in [4.69, 9.17) is 5.84 Å². The van der Waals surface area contributed by atoms with Crippen LogP contribution in [-0.2, 0) is 0 Å². The Balaban J connectivity index is 2.71. The molecule has 3 N–H and O–H groups in total. The van der Waals surface area contributed by atoms with E-state index in [2.05, 4.69) is 43.5 Å². The van der Waals surface area contributed by atoms with Crippen LogP contribution in [0.4, 0.5) is 0 Å². The third-order valence-electron chi connectivity index (χ3n) is 2.20. The molecule has 0 aliphatic carbocycles. The van der Waals surface area contributed by atoms with Crippen molar-refractivity contribution in [2.45, 2.75) is 31.2 Å². The van der Waals surface area contributed by atoms with Gasteiger partial charge < -0.3 is 0 Å². The summed E-state index contributed by atoms with van der Waals surface area (Å²) >= 11 is 1.86. The zero-order valence-corrected chi connectivity index (χ0v) is 9.60. The fraction of sp³-hybridized carbons (Fsp3) is 0.455.